The molecule has 1 aliphatic heterocycles. The topological polar surface area (TPSA) is 92.6 Å². The summed E-state index contributed by atoms with van der Waals surface area (Å²) in [4.78, 5) is 10.3. The summed E-state index contributed by atoms with van der Waals surface area (Å²) in [5.74, 6) is 0. The second-order valence-corrected chi connectivity index (χ2v) is 7.91. The van der Waals surface area contributed by atoms with Crippen molar-refractivity contribution in [3.63, 3.8) is 0 Å². The smallest absolute Gasteiger partial charge is 0.290 e. The molecule has 0 amide bonds. The third kappa shape index (κ3) is 4.42. The fourth-order valence-electron chi connectivity index (χ4n) is 2.58. The predicted octanol–water partition coefficient (Wildman–Crippen LogP) is 2.54. The number of nitro groups is 1. The lowest BCUT2D eigenvalue weighted by molar-refractivity contribution is -0.387. The number of nitrogens with zero attached hydrogens (tertiary/aromatic N) is 2. The maximum Gasteiger partial charge on any atom is 0.290 e. The Morgan fingerprint density at radius 1 is 1.48 bits per heavy atom. The van der Waals surface area contributed by atoms with Crippen LogP contribution in [0.1, 0.15) is 19.8 Å². The van der Waals surface area contributed by atoms with Crippen LogP contribution < -0.4 is 5.32 Å². The van der Waals surface area contributed by atoms with Crippen LogP contribution in [0.3, 0.4) is 0 Å². The van der Waals surface area contributed by atoms with Gasteiger partial charge in [-0.15, -0.1) is 12.4 Å². The Morgan fingerprint density at radius 2 is 2.17 bits per heavy atom. The number of rotatable bonds is 6. The van der Waals surface area contributed by atoms with Gasteiger partial charge < -0.3 is 5.32 Å². The van der Waals surface area contributed by atoms with E-state index in [0.29, 0.717) is 30.4 Å². The largest absolute Gasteiger partial charge is 0.315 e. The van der Waals surface area contributed by atoms with Crippen molar-refractivity contribution >= 4 is 44.0 Å². The Labute approximate surface area is 150 Å². The molecular weight excluding hydrogens is 410 g/mol. The van der Waals surface area contributed by atoms with Crippen molar-refractivity contribution < 1.29 is 13.3 Å². The fraction of sp³-hybridized carbons (Fsp3) is 0.538. The Hall–Kier alpha value is -0.740. The maximum absolute atomic E-state index is 12.9. The average Bonchev–Trinajstić information content (AvgIpc) is 2.97. The Balaban J connectivity index is 0.00000264. The summed E-state index contributed by atoms with van der Waals surface area (Å²) in [6.45, 7) is 3.56. The molecule has 1 fully saturated rings. The standard InChI is InChI=1S/C13H18BrN3O4S.ClH/c1-2-7-16(11-5-6-15-9-11)22(20,21)13-4-3-10(14)8-12(13)17(18)19;/h3-4,8,11,15H,2,5-7,9H2,1H3;1H. The molecule has 0 saturated carbocycles. The number of hydrogen-bond donors (Lipinski definition) is 1. The first-order valence-electron chi connectivity index (χ1n) is 7.04. The van der Waals surface area contributed by atoms with Gasteiger partial charge in [0, 0.05) is 29.7 Å². The molecule has 0 radical (unpaired) electrons. The van der Waals surface area contributed by atoms with Crippen LogP contribution in [0.15, 0.2) is 27.6 Å². The van der Waals surface area contributed by atoms with E-state index in [1.807, 2.05) is 6.92 Å². The van der Waals surface area contributed by atoms with Crippen molar-refractivity contribution in [2.75, 3.05) is 19.6 Å². The second kappa shape index (κ2) is 8.39. The van der Waals surface area contributed by atoms with Gasteiger partial charge in [-0.2, -0.15) is 4.31 Å². The van der Waals surface area contributed by atoms with Crippen LogP contribution in [0.25, 0.3) is 0 Å². The van der Waals surface area contributed by atoms with Gasteiger partial charge in [-0.05, 0) is 31.5 Å². The SMILES string of the molecule is CCCN(C1CCNC1)S(=O)(=O)c1ccc(Br)cc1[N+](=O)[O-].Cl. The molecule has 10 heteroatoms. The van der Waals surface area contributed by atoms with Crippen molar-refractivity contribution in [1.82, 2.24) is 9.62 Å². The Morgan fingerprint density at radius 3 is 2.70 bits per heavy atom. The molecule has 1 saturated heterocycles. The molecule has 1 atom stereocenters. The predicted molar refractivity (Wildman–Crippen MR) is 93.5 cm³/mol. The maximum atomic E-state index is 12.9. The quantitative estimate of drug-likeness (QED) is 0.555. The lowest BCUT2D eigenvalue weighted by Crippen LogP contribution is -2.42. The molecule has 1 aromatic rings. The van der Waals surface area contributed by atoms with Crippen LogP contribution in [0.5, 0.6) is 0 Å². The number of nitro benzene ring substituents is 1. The molecule has 7 nitrogen and oxygen atoms in total. The zero-order chi connectivity index (χ0) is 16.3. The lowest BCUT2D eigenvalue weighted by Gasteiger charge is -2.27. The van der Waals surface area contributed by atoms with E-state index in [2.05, 4.69) is 21.2 Å². The summed E-state index contributed by atoms with van der Waals surface area (Å²) in [5, 5.41) is 14.3. The van der Waals surface area contributed by atoms with Gasteiger partial charge in [-0.3, -0.25) is 10.1 Å². The first-order chi connectivity index (χ1) is 10.4. The molecule has 0 aliphatic carbocycles. The van der Waals surface area contributed by atoms with E-state index in [1.165, 1.54) is 22.5 Å². The van der Waals surface area contributed by atoms with Crippen LogP contribution in [-0.4, -0.2) is 43.3 Å². The third-order valence-corrected chi connectivity index (χ3v) is 6.08. The monoisotopic (exact) mass is 427 g/mol. The van der Waals surface area contributed by atoms with Crippen molar-refractivity contribution in [3.05, 3.63) is 32.8 Å². The van der Waals surface area contributed by atoms with E-state index < -0.39 is 20.6 Å². The lowest BCUT2D eigenvalue weighted by atomic mass is 10.2. The molecule has 1 aliphatic rings. The summed E-state index contributed by atoms with van der Waals surface area (Å²) >= 11 is 3.14. The van der Waals surface area contributed by atoms with E-state index in [1.54, 1.807) is 0 Å². The van der Waals surface area contributed by atoms with Gasteiger partial charge >= 0.3 is 0 Å². The van der Waals surface area contributed by atoms with E-state index in [4.69, 9.17) is 0 Å². The van der Waals surface area contributed by atoms with Crippen LogP contribution in [0.2, 0.25) is 0 Å². The number of hydrogen-bond acceptors (Lipinski definition) is 5. The van der Waals surface area contributed by atoms with Gasteiger partial charge in [0.25, 0.3) is 5.69 Å². The van der Waals surface area contributed by atoms with Crippen molar-refractivity contribution in [1.29, 1.82) is 0 Å². The molecule has 1 unspecified atom stereocenters. The van der Waals surface area contributed by atoms with E-state index >= 15 is 0 Å². The summed E-state index contributed by atoms with van der Waals surface area (Å²) < 4.78 is 27.7. The third-order valence-electron chi connectivity index (χ3n) is 3.59. The van der Waals surface area contributed by atoms with Crippen LogP contribution in [-0.2, 0) is 10.0 Å². The average molecular weight is 429 g/mol. The summed E-state index contributed by atoms with van der Waals surface area (Å²) in [5.41, 5.74) is -0.401. The number of halogens is 2. The van der Waals surface area contributed by atoms with E-state index in [9.17, 15) is 18.5 Å². The van der Waals surface area contributed by atoms with Gasteiger partial charge in [0.05, 0.1) is 4.92 Å². The molecule has 0 spiro atoms. The molecule has 23 heavy (non-hydrogen) atoms. The molecule has 1 aromatic carbocycles. The number of nitrogens with one attached hydrogen (secondary N) is 1. The first-order valence-corrected chi connectivity index (χ1v) is 9.27. The van der Waals surface area contributed by atoms with Gasteiger partial charge in [-0.25, -0.2) is 8.42 Å². The highest BCUT2D eigenvalue weighted by Gasteiger charge is 2.36. The summed E-state index contributed by atoms with van der Waals surface area (Å²) in [6.07, 6.45) is 1.36. The molecule has 130 valence electrons. The normalized spacial score (nSPS) is 18.0. The minimum atomic E-state index is -3.91. The second-order valence-electron chi connectivity index (χ2n) is 5.13. The van der Waals surface area contributed by atoms with Crippen molar-refractivity contribution in [2.24, 2.45) is 0 Å². The van der Waals surface area contributed by atoms with Gasteiger partial charge in [0.2, 0.25) is 10.0 Å². The van der Waals surface area contributed by atoms with E-state index in [-0.39, 0.29) is 23.3 Å². The zero-order valence-corrected chi connectivity index (χ0v) is 15.8. The van der Waals surface area contributed by atoms with Crippen LogP contribution >= 0.6 is 28.3 Å². The molecule has 1 heterocycles. The zero-order valence-electron chi connectivity index (χ0n) is 12.6. The Kier molecular flexibility index (Phi) is 7.40. The molecule has 1 N–H and O–H groups in total. The van der Waals surface area contributed by atoms with Crippen LogP contribution in [0.4, 0.5) is 5.69 Å². The summed E-state index contributed by atoms with van der Waals surface area (Å²) in [7, 11) is -3.91. The number of sulfonamides is 1. The van der Waals surface area contributed by atoms with Crippen molar-refractivity contribution in [2.45, 2.75) is 30.7 Å². The first kappa shape index (κ1) is 20.3. The summed E-state index contributed by atoms with van der Waals surface area (Å²) in [6, 6.07) is 3.87. The minimum absolute atomic E-state index is 0. The molecule has 0 aromatic heterocycles. The fourth-order valence-corrected chi connectivity index (χ4v) is 4.82. The Bertz CT molecular complexity index is 665. The van der Waals surface area contributed by atoms with Gasteiger partial charge in [0.15, 0.2) is 4.90 Å². The molecule has 0 bridgehead atoms. The van der Waals surface area contributed by atoms with Crippen molar-refractivity contribution in [3.8, 4) is 0 Å². The van der Waals surface area contributed by atoms with Gasteiger partial charge in [-0.1, -0.05) is 22.9 Å². The minimum Gasteiger partial charge on any atom is -0.315 e. The molecular formula is C13H19BrClN3O4S. The molecule has 2 rings (SSSR count). The number of benzene rings is 1. The van der Waals surface area contributed by atoms with Crippen LogP contribution in [0, 0.1) is 10.1 Å². The highest BCUT2D eigenvalue weighted by molar-refractivity contribution is 9.10. The highest BCUT2D eigenvalue weighted by Crippen LogP contribution is 2.31. The highest BCUT2D eigenvalue weighted by atomic mass is 79.9. The van der Waals surface area contributed by atoms with Gasteiger partial charge in [0.1, 0.15) is 0 Å². The van der Waals surface area contributed by atoms with E-state index in [0.717, 1.165) is 6.54 Å².